The lowest BCUT2D eigenvalue weighted by atomic mass is 9.96. The smallest absolute Gasteiger partial charge is 0.337 e. The highest BCUT2D eigenvalue weighted by molar-refractivity contribution is 6.74. The highest BCUT2D eigenvalue weighted by atomic mass is 28.4. The van der Waals surface area contributed by atoms with E-state index in [0.717, 1.165) is 0 Å². The number of aliphatic hydroxyl groups is 2. The average molecular weight is 362 g/mol. The summed E-state index contributed by atoms with van der Waals surface area (Å²) in [6.45, 7) is 13.3. The van der Waals surface area contributed by atoms with Crippen molar-refractivity contribution >= 4 is 14.3 Å². The molecule has 7 nitrogen and oxygen atoms in total. The number of carbonyl (C=O) groups is 1. The molecule has 0 unspecified atom stereocenters. The molecule has 0 saturated carbocycles. The van der Waals surface area contributed by atoms with Gasteiger partial charge in [-0.15, -0.1) is 0 Å². The molecule has 24 heavy (non-hydrogen) atoms. The fourth-order valence-corrected chi connectivity index (χ4v) is 3.94. The Kier molecular flexibility index (Phi) is 5.23. The van der Waals surface area contributed by atoms with Gasteiger partial charge in [0.05, 0.1) is 6.61 Å². The third-order valence-corrected chi connectivity index (χ3v) is 9.52. The predicted octanol–water partition coefficient (Wildman–Crippen LogP) is 1.18. The van der Waals surface area contributed by atoms with Crippen molar-refractivity contribution in [1.82, 2.24) is 0 Å². The lowest BCUT2D eigenvalue weighted by Crippen LogP contribution is -2.61. The van der Waals surface area contributed by atoms with Crippen LogP contribution in [0.25, 0.3) is 0 Å². The van der Waals surface area contributed by atoms with Crippen LogP contribution < -0.4 is 0 Å². The number of cyclic esters (lactones) is 1. The molecule has 140 valence electrons. The summed E-state index contributed by atoms with van der Waals surface area (Å²) in [7, 11) is -2.25. The first-order chi connectivity index (χ1) is 10.8. The van der Waals surface area contributed by atoms with Crippen molar-refractivity contribution in [3.05, 3.63) is 0 Å². The van der Waals surface area contributed by atoms with Crippen LogP contribution in [-0.2, 0) is 23.4 Å². The molecule has 0 aromatic heterocycles. The van der Waals surface area contributed by atoms with E-state index in [0.29, 0.717) is 0 Å². The number of hydrogen-bond donors (Lipinski definition) is 2. The summed E-state index contributed by atoms with van der Waals surface area (Å²) >= 11 is 0. The largest absolute Gasteiger partial charge is 0.455 e. The molecule has 8 heteroatoms. The number of hydrogen-bond acceptors (Lipinski definition) is 7. The van der Waals surface area contributed by atoms with Gasteiger partial charge < -0.3 is 28.8 Å². The first-order valence-corrected chi connectivity index (χ1v) is 11.2. The van der Waals surface area contributed by atoms with E-state index in [9.17, 15) is 15.0 Å². The van der Waals surface area contributed by atoms with Gasteiger partial charge in [0.1, 0.15) is 18.3 Å². The summed E-state index contributed by atoms with van der Waals surface area (Å²) in [5, 5.41) is 19.1. The SMILES string of the molecule is CC1(C)O[C@@H]2[C@H]([C@H](O)CO)OC(=O)[C@H](O[Si](C)(C)C(C)(C)C)[C@@H]2O1. The van der Waals surface area contributed by atoms with Gasteiger partial charge in [-0.05, 0) is 32.0 Å². The second-order valence-corrected chi connectivity index (χ2v) is 13.3. The minimum absolute atomic E-state index is 0.0841. The zero-order chi connectivity index (χ0) is 18.5. The molecule has 2 aliphatic heterocycles. The third-order valence-electron chi connectivity index (χ3n) is 5.06. The molecule has 2 rings (SSSR count). The van der Waals surface area contributed by atoms with E-state index in [-0.39, 0.29) is 5.04 Å². The van der Waals surface area contributed by atoms with Crippen molar-refractivity contribution < 1.29 is 33.6 Å². The van der Waals surface area contributed by atoms with Gasteiger partial charge in [-0.3, -0.25) is 0 Å². The summed E-state index contributed by atoms with van der Waals surface area (Å²) in [6, 6.07) is 0. The molecule has 2 fully saturated rings. The number of aliphatic hydroxyl groups excluding tert-OH is 2. The van der Waals surface area contributed by atoms with Crippen LogP contribution in [0.2, 0.25) is 18.1 Å². The van der Waals surface area contributed by atoms with Gasteiger partial charge >= 0.3 is 5.97 Å². The van der Waals surface area contributed by atoms with E-state index in [4.69, 9.17) is 18.6 Å². The van der Waals surface area contributed by atoms with Crippen LogP contribution in [0.5, 0.6) is 0 Å². The quantitative estimate of drug-likeness (QED) is 0.573. The summed E-state index contributed by atoms with van der Waals surface area (Å²) in [5.41, 5.74) is 0. The fourth-order valence-electron chi connectivity index (χ4n) is 2.72. The maximum absolute atomic E-state index is 12.5. The zero-order valence-corrected chi connectivity index (χ0v) is 16.5. The molecule has 2 heterocycles. The standard InChI is InChI=1S/C16H30O7Si/c1-15(2,3)24(6,7)23-13-12-11(21-16(4,5)22-12)10(9(18)8-17)20-14(13)19/h9-13,17-18H,8H2,1-7H3/t9-,10+,11-,12-,13-/m1/s1. The monoisotopic (exact) mass is 362 g/mol. The molecular formula is C16H30O7Si. The molecule has 2 aliphatic rings. The van der Waals surface area contributed by atoms with Gasteiger partial charge in [0.25, 0.3) is 0 Å². The molecular weight excluding hydrogens is 332 g/mol. The number of fused-ring (bicyclic) bond motifs is 1. The average Bonchev–Trinajstić information content (AvgIpc) is 2.75. The summed E-state index contributed by atoms with van der Waals surface area (Å²) < 4.78 is 23.3. The maximum atomic E-state index is 12.5. The lowest BCUT2D eigenvalue weighted by molar-refractivity contribution is -0.198. The molecule has 0 amide bonds. The summed E-state index contributed by atoms with van der Waals surface area (Å²) in [5.74, 6) is -1.51. The van der Waals surface area contributed by atoms with Crippen LogP contribution in [0.1, 0.15) is 34.6 Å². The Balaban J connectivity index is 2.29. The molecule has 2 N–H and O–H groups in total. The van der Waals surface area contributed by atoms with E-state index >= 15 is 0 Å². The highest BCUT2D eigenvalue weighted by Gasteiger charge is 2.59. The molecule has 2 saturated heterocycles. The van der Waals surface area contributed by atoms with E-state index in [1.165, 1.54) is 0 Å². The van der Waals surface area contributed by atoms with Crippen LogP contribution in [-0.4, -0.2) is 67.4 Å². The van der Waals surface area contributed by atoms with Crippen LogP contribution in [0, 0.1) is 0 Å². The number of rotatable bonds is 4. The van der Waals surface area contributed by atoms with Gasteiger partial charge in [-0.2, -0.15) is 0 Å². The molecule has 0 aromatic carbocycles. The third kappa shape index (κ3) is 3.68. The van der Waals surface area contributed by atoms with Crippen molar-refractivity contribution in [3.63, 3.8) is 0 Å². The minimum atomic E-state index is -2.25. The van der Waals surface area contributed by atoms with Gasteiger partial charge in [-0.25, -0.2) is 4.79 Å². The van der Waals surface area contributed by atoms with Crippen molar-refractivity contribution in [2.75, 3.05) is 6.61 Å². The first kappa shape index (κ1) is 19.8. The minimum Gasteiger partial charge on any atom is -0.455 e. The molecule has 0 radical (unpaired) electrons. The second-order valence-electron chi connectivity index (χ2n) is 8.51. The van der Waals surface area contributed by atoms with Gasteiger partial charge in [0.15, 0.2) is 26.3 Å². The zero-order valence-electron chi connectivity index (χ0n) is 15.5. The van der Waals surface area contributed by atoms with Crippen molar-refractivity contribution in [2.45, 2.75) is 89.1 Å². The Hall–Kier alpha value is -0.513. The lowest BCUT2D eigenvalue weighted by Gasteiger charge is -2.43. The van der Waals surface area contributed by atoms with Gasteiger partial charge in [-0.1, -0.05) is 20.8 Å². The maximum Gasteiger partial charge on any atom is 0.337 e. The normalized spacial score (nSPS) is 34.6. The topological polar surface area (TPSA) is 94.5 Å². The second kappa shape index (κ2) is 6.33. The molecule has 0 bridgehead atoms. The molecule has 0 aromatic rings. The number of carbonyl (C=O) groups excluding carboxylic acids is 1. The number of ether oxygens (including phenoxy) is 3. The Morgan fingerprint density at radius 3 is 2.29 bits per heavy atom. The summed E-state index contributed by atoms with van der Waals surface area (Å²) in [4.78, 5) is 12.5. The highest BCUT2D eigenvalue weighted by Crippen LogP contribution is 2.42. The first-order valence-electron chi connectivity index (χ1n) is 8.32. The molecule has 0 aliphatic carbocycles. The Morgan fingerprint density at radius 1 is 1.25 bits per heavy atom. The van der Waals surface area contributed by atoms with E-state index in [1.54, 1.807) is 13.8 Å². The Morgan fingerprint density at radius 2 is 1.79 bits per heavy atom. The van der Waals surface area contributed by atoms with Gasteiger partial charge in [0.2, 0.25) is 0 Å². The summed E-state index contributed by atoms with van der Waals surface area (Å²) in [6.07, 6.45) is -4.47. The predicted molar refractivity (Wildman–Crippen MR) is 88.9 cm³/mol. The van der Waals surface area contributed by atoms with Gasteiger partial charge in [0, 0.05) is 0 Å². The van der Waals surface area contributed by atoms with E-state index < -0.39 is 57.2 Å². The van der Waals surface area contributed by atoms with Crippen molar-refractivity contribution in [2.24, 2.45) is 0 Å². The number of esters is 1. The van der Waals surface area contributed by atoms with Crippen LogP contribution >= 0.6 is 0 Å². The Labute approximate surface area is 144 Å². The van der Waals surface area contributed by atoms with E-state index in [2.05, 4.69) is 20.8 Å². The van der Waals surface area contributed by atoms with E-state index in [1.807, 2.05) is 13.1 Å². The molecule has 5 atom stereocenters. The molecule has 0 spiro atoms. The van der Waals surface area contributed by atoms with Crippen LogP contribution in [0.15, 0.2) is 0 Å². The Bertz CT molecular complexity index is 485. The van der Waals surface area contributed by atoms with Crippen molar-refractivity contribution in [1.29, 1.82) is 0 Å². The fraction of sp³-hybridized carbons (Fsp3) is 0.938. The van der Waals surface area contributed by atoms with Crippen LogP contribution in [0.3, 0.4) is 0 Å². The van der Waals surface area contributed by atoms with Crippen LogP contribution in [0.4, 0.5) is 0 Å². The van der Waals surface area contributed by atoms with Crippen molar-refractivity contribution in [3.8, 4) is 0 Å².